The lowest BCUT2D eigenvalue weighted by Gasteiger charge is -2.13. The molecule has 0 bridgehead atoms. The first kappa shape index (κ1) is 13.2. The number of carbonyl (C=O) groups is 1. The first-order valence-corrected chi connectivity index (χ1v) is 4.05. The van der Waals surface area contributed by atoms with Crippen LogP contribution < -0.4 is 11.1 Å². The Balaban J connectivity index is 3.53. The SMILES string of the molecule is NCCOCC(=O)NCC(F)(F)CO. The van der Waals surface area contributed by atoms with Crippen molar-refractivity contribution in [3.63, 3.8) is 0 Å². The highest BCUT2D eigenvalue weighted by Gasteiger charge is 2.27. The van der Waals surface area contributed by atoms with E-state index in [0.717, 1.165) is 0 Å². The minimum atomic E-state index is -3.29. The largest absolute Gasteiger partial charge is 0.390 e. The topological polar surface area (TPSA) is 84.6 Å². The second-order valence-corrected chi connectivity index (χ2v) is 2.63. The molecule has 0 aromatic heterocycles. The molecule has 1 amide bonds. The minimum Gasteiger partial charge on any atom is -0.390 e. The summed E-state index contributed by atoms with van der Waals surface area (Å²) in [5.74, 6) is -3.95. The van der Waals surface area contributed by atoms with Crippen LogP contribution in [0.2, 0.25) is 0 Å². The smallest absolute Gasteiger partial charge is 0.287 e. The van der Waals surface area contributed by atoms with Crippen molar-refractivity contribution in [3.05, 3.63) is 0 Å². The van der Waals surface area contributed by atoms with Crippen molar-refractivity contribution in [2.45, 2.75) is 5.92 Å². The molecule has 14 heavy (non-hydrogen) atoms. The Labute approximate surface area is 80.2 Å². The molecule has 0 rings (SSSR count). The molecule has 0 aliphatic carbocycles. The summed E-state index contributed by atoms with van der Waals surface area (Å²) in [7, 11) is 0. The molecule has 7 heteroatoms. The fourth-order valence-electron chi connectivity index (χ4n) is 0.583. The summed E-state index contributed by atoms with van der Waals surface area (Å²) in [5, 5.41) is 10.1. The highest BCUT2D eigenvalue weighted by molar-refractivity contribution is 5.77. The molecule has 0 aliphatic rings. The van der Waals surface area contributed by atoms with Crippen LogP contribution >= 0.6 is 0 Å². The van der Waals surface area contributed by atoms with Crippen molar-refractivity contribution in [1.82, 2.24) is 5.32 Å². The Morgan fingerprint density at radius 3 is 2.71 bits per heavy atom. The maximum absolute atomic E-state index is 12.4. The third kappa shape index (κ3) is 6.70. The van der Waals surface area contributed by atoms with Crippen LogP contribution in [0.3, 0.4) is 0 Å². The Morgan fingerprint density at radius 1 is 1.57 bits per heavy atom. The van der Waals surface area contributed by atoms with E-state index >= 15 is 0 Å². The van der Waals surface area contributed by atoms with E-state index in [4.69, 9.17) is 15.6 Å². The number of rotatable bonds is 7. The van der Waals surface area contributed by atoms with Gasteiger partial charge in [0.2, 0.25) is 5.91 Å². The standard InChI is InChI=1S/C7H14F2N2O3/c8-7(9,5-12)4-11-6(13)3-14-2-1-10/h12H,1-5,10H2,(H,11,13). The molecule has 5 nitrogen and oxygen atoms in total. The summed E-state index contributed by atoms with van der Waals surface area (Å²) in [6.07, 6.45) is 0. The predicted molar refractivity (Wildman–Crippen MR) is 44.9 cm³/mol. The molecule has 0 saturated carbocycles. The van der Waals surface area contributed by atoms with Gasteiger partial charge in [-0.1, -0.05) is 0 Å². The Kier molecular flexibility index (Phi) is 6.26. The van der Waals surface area contributed by atoms with Gasteiger partial charge < -0.3 is 20.9 Å². The van der Waals surface area contributed by atoms with Gasteiger partial charge in [0.25, 0.3) is 5.92 Å². The first-order chi connectivity index (χ1) is 6.52. The van der Waals surface area contributed by atoms with E-state index in [9.17, 15) is 13.6 Å². The molecular formula is C7H14F2N2O3. The van der Waals surface area contributed by atoms with Crippen LogP contribution in [0.5, 0.6) is 0 Å². The number of aliphatic hydroxyl groups is 1. The number of amides is 1. The number of aliphatic hydroxyl groups excluding tert-OH is 1. The van der Waals surface area contributed by atoms with Crippen LogP contribution in [0.1, 0.15) is 0 Å². The van der Waals surface area contributed by atoms with Crippen molar-refractivity contribution in [1.29, 1.82) is 0 Å². The number of hydrogen-bond donors (Lipinski definition) is 3. The van der Waals surface area contributed by atoms with Crippen LogP contribution in [-0.2, 0) is 9.53 Å². The highest BCUT2D eigenvalue weighted by atomic mass is 19.3. The van der Waals surface area contributed by atoms with E-state index in [0.29, 0.717) is 0 Å². The maximum Gasteiger partial charge on any atom is 0.287 e. The molecular weight excluding hydrogens is 198 g/mol. The van der Waals surface area contributed by atoms with Crippen LogP contribution in [0.4, 0.5) is 8.78 Å². The second kappa shape index (κ2) is 6.63. The predicted octanol–water partition coefficient (Wildman–Crippen LogP) is -1.29. The van der Waals surface area contributed by atoms with E-state index in [1.807, 2.05) is 5.32 Å². The molecule has 0 radical (unpaired) electrons. The van der Waals surface area contributed by atoms with Gasteiger partial charge in [-0.2, -0.15) is 0 Å². The van der Waals surface area contributed by atoms with Gasteiger partial charge in [-0.3, -0.25) is 4.79 Å². The van der Waals surface area contributed by atoms with Crippen LogP contribution in [0.15, 0.2) is 0 Å². The number of alkyl halides is 2. The van der Waals surface area contributed by atoms with Gasteiger partial charge in [-0.15, -0.1) is 0 Å². The van der Waals surface area contributed by atoms with Gasteiger partial charge in [0.1, 0.15) is 13.2 Å². The fraction of sp³-hybridized carbons (Fsp3) is 0.857. The Morgan fingerprint density at radius 2 is 2.21 bits per heavy atom. The number of carbonyl (C=O) groups excluding carboxylic acids is 1. The zero-order valence-electron chi connectivity index (χ0n) is 7.63. The summed E-state index contributed by atoms with van der Waals surface area (Å²) in [6.45, 7) is -2.03. The average molecular weight is 212 g/mol. The molecule has 4 N–H and O–H groups in total. The summed E-state index contributed by atoms with van der Waals surface area (Å²) in [4.78, 5) is 10.8. The van der Waals surface area contributed by atoms with Crippen molar-refractivity contribution < 1.29 is 23.4 Å². The van der Waals surface area contributed by atoms with Crippen molar-refractivity contribution in [2.24, 2.45) is 5.73 Å². The minimum absolute atomic E-state index is 0.198. The zero-order chi connectivity index (χ0) is 11.0. The number of nitrogens with two attached hydrogens (primary N) is 1. The van der Waals surface area contributed by atoms with E-state index in [1.54, 1.807) is 0 Å². The molecule has 0 unspecified atom stereocenters. The number of hydrogen-bond acceptors (Lipinski definition) is 4. The molecule has 0 aromatic rings. The van der Waals surface area contributed by atoms with Crippen LogP contribution in [-0.4, -0.2) is 49.8 Å². The summed E-state index contributed by atoms with van der Waals surface area (Å²) in [6, 6.07) is 0. The first-order valence-electron chi connectivity index (χ1n) is 4.05. The van der Waals surface area contributed by atoms with E-state index in [2.05, 4.69) is 0 Å². The van der Waals surface area contributed by atoms with Gasteiger partial charge in [0.15, 0.2) is 0 Å². The summed E-state index contributed by atoms with van der Waals surface area (Å²) in [5.41, 5.74) is 5.07. The fourth-order valence-corrected chi connectivity index (χ4v) is 0.583. The van der Waals surface area contributed by atoms with Crippen molar-refractivity contribution >= 4 is 5.91 Å². The van der Waals surface area contributed by atoms with Gasteiger partial charge in [-0.25, -0.2) is 8.78 Å². The number of nitrogens with one attached hydrogen (secondary N) is 1. The van der Waals surface area contributed by atoms with Gasteiger partial charge >= 0.3 is 0 Å². The lowest BCUT2D eigenvalue weighted by Crippen LogP contribution is -2.40. The molecule has 0 heterocycles. The molecule has 0 atom stereocenters. The average Bonchev–Trinajstić information content (AvgIpc) is 2.16. The second-order valence-electron chi connectivity index (χ2n) is 2.63. The molecule has 0 spiro atoms. The number of ether oxygens (including phenoxy) is 1. The van der Waals surface area contributed by atoms with Gasteiger partial charge in [0.05, 0.1) is 13.2 Å². The van der Waals surface area contributed by atoms with Crippen molar-refractivity contribution in [2.75, 3.05) is 32.9 Å². The molecule has 0 saturated heterocycles. The van der Waals surface area contributed by atoms with Crippen molar-refractivity contribution in [3.8, 4) is 0 Å². The Bertz CT molecular complexity index is 178. The third-order valence-corrected chi connectivity index (χ3v) is 1.27. The maximum atomic E-state index is 12.4. The molecule has 0 aromatic carbocycles. The quantitative estimate of drug-likeness (QED) is 0.458. The van der Waals surface area contributed by atoms with E-state index in [1.165, 1.54) is 0 Å². The lowest BCUT2D eigenvalue weighted by atomic mass is 10.3. The Hall–Kier alpha value is -0.790. The third-order valence-electron chi connectivity index (χ3n) is 1.27. The zero-order valence-corrected chi connectivity index (χ0v) is 7.63. The van der Waals surface area contributed by atoms with E-state index in [-0.39, 0.29) is 19.8 Å². The molecule has 0 fully saturated rings. The number of halogens is 2. The van der Waals surface area contributed by atoms with Crippen LogP contribution in [0, 0.1) is 0 Å². The van der Waals surface area contributed by atoms with Crippen LogP contribution in [0.25, 0.3) is 0 Å². The monoisotopic (exact) mass is 212 g/mol. The molecule has 0 aliphatic heterocycles. The summed E-state index contributed by atoms with van der Waals surface area (Å²) < 4.78 is 29.5. The highest BCUT2D eigenvalue weighted by Crippen LogP contribution is 2.09. The lowest BCUT2D eigenvalue weighted by molar-refractivity contribution is -0.128. The van der Waals surface area contributed by atoms with E-state index < -0.39 is 25.0 Å². The van der Waals surface area contributed by atoms with Gasteiger partial charge in [-0.05, 0) is 0 Å². The van der Waals surface area contributed by atoms with Gasteiger partial charge in [0, 0.05) is 6.54 Å². The normalized spacial score (nSPS) is 11.4. The summed E-state index contributed by atoms with van der Waals surface area (Å²) >= 11 is 0. The molecule has 84 valence electrons.